The second-order valence-corrected chi connectivity index (χ2v) is 11.0. The lowest BCUT2D eigenvalue weighted by Gasteiger charge is -2.41. The van der Waals surface area contributed by atoms with Gasteiger partial charge in [0.05, 0.1) is 17.9 Å². The molecule has 2 aliphatic heterocycles. The highest BCUT2D eigenvalue weighted by Gasteiger charge is 2.43. The lowest BCUT2D eigenvalue weighted by molar-refractivity contribution is -0.140. The number of rotatable bonds is 7. The van der Waals surface area contributed by atoms with Gasteiger partial charge in [-0.3, -0.25) is 4.79 Å². The van der Waals surface area contributed by atoms with Gasteiger partial charge in [0, 0.05) is 38.3 Å². The number of benzene rings is 1. The van der Waals surface area contributed by atoms with Crippen LogP contribution in [-0.4, -0.2) is 80.3 Å². The monoisotopic (exact) mass is 449 g/mol. The van der Waals surface area contributed by atoms with Gasteiger partial charge in [-0.05, 0) is 69.3 Å². The van der Waals surface area contributed by atoms with Gasteiger partial charge in [-0.2, -0.15) is 4.31 Å². The molecule has 1 aromatic rings. The number of amides is 1. The maximum absolute atomic E-state index is 13.6. The second kappa shape index (κ2) is 9.46. The number of carbonyl (C=O) groups excluding carboxylic acids is 1. The first-order chi connectivity index (χ1) is 14.9. The van der Waals surface area contributed by atoms with E-state index in [4.69, 9.17) is 4.74 Å². The summed E-state index contributed by atoms with van der Waals surface area (Å²) in [7, 11) is -2.06. The Labute approximate surface area is 186 Å². The van der Waals surface area contributed by atoms with Crippen LogP contribution in [0.2, 0.25) is 0 Å². The third kappa shape index (κ3) is 4.91. The average molecular weight is 450 g/mol. The first kappa shape index (κ1) is 22.6. The molecule has 172 valence electrons. The summed E-state index contributed by atoms with van der Waals surface area (Å²) in [5.41, 5.74) is 0. The van der Waals surface area contributed by atoms with Gasteiger partial charge in [0.15, 0.2) is 0 Å². The maximum Gasteiger partial charge on any atom is 0.243 e. The van der Waals surface area contributed by atoms with Crippen LogP contribution < -0.4 is 4.74 Å². The van der Waals surface area contributed by atoms with Crippen molar-refractivity contribution in [2.24, 2.45) is 5.92 Å². The molecule has 4 rings (SSSR count). The van der Waals surface area contributed by atoms with E-state index in [0.29, 0.717) is 24.4 Å². The van der Waals surface area contributed by atoms with Gasteiger partial charge in [-0.25, -0.2) is 8.42 Å². The second-order valence-electron chi connectivity index (χ2n) is 9.02. The van der Waals surface area contributed by atoms with E-state index in [1.54, 1.807) is 31.4 Å². The third-order valence-electron chi connectivity index (χ3n) is 7.02. The predicted molar refractivity (Wildman–Crippen MR) is 119 cm³/mol. The number of ether oxygens (including phenoxy) is 1. The molecule has 3 aliphatic rings. The van der Waals surface area contributed by atoms with Gasteiger partial charge in [0.25, 0.3) is 0 Å². The number of nitrogens with zero attached hydrogens (tertiary/aromatic N) is 3. The minimum Gasteiger partial charge on any atom is -0.497 e. The van der Waals surface area contributed by atoms with Gasteiger partial charge in [-0.1, -0.05) is 6.92 Å². The molecule has 1 saturated carbocycles. The number of piperidine rings is 2. The minimum atomic E-state index is -3.62. The van der Waals surface area contributed by atoms with Crippen molar-refractivity contribution in [1.29, 1.82) is 0 Å². The molecule has 2 heterocycles. The summed E-state index contributed by atoms with van der Waals surface area (Å²) in [6.07, 6.45) is 5.71. The topological polar surface area (TPSA) is 70.2 Å². The van der Waals surface area contributed by atoms with Gasteiger partial charge >= 0.3 is 0 Å². The van der Waals surface area contributed by atoms with Crippen molar-refractivity contribution in [3.63, 3.8) is 0 Å². The summed E-state index contributed by atoms with van der Waals surface area (Å²) in [6.45, 7) is 6.08. The molecule has 0 bridgehead atoms. The molecular weight excluding hydrogens is 414 g/mol. The van der Waals surface area contributed by atoms with Crippen molar-refractivity contribution in [3.05, 3.63) is 24.3 Å². The molecule has 1 aliphatic carbocycles. The molecule has 0 radical (unpaired) electrons. The van der Waals surface area contributed by atoms with Gasteiger partial charge in [-0.15, -0.1) is 0 Å². The molecule has 3 fully saturated rings. The standard InChI is InChI=1S/C23H35N3O4S/c1-3-24-15-12-20(13-16-24)26(19-6-7-19)23(27)18-5-4-14-25(17-18)31(28,29)22-10-8-21(30-2)9-11-22/h8-11,18-20H,3-7,12-17H2,1-2H3. The van der Waals surface area contributed by atoms with E-state index in [-0.39, 0.29) is 23.3 Å². The van der Waals surface area contributed by atoms with Crippen molar-refractivity contribution in [2.75, 3.05) is 39.8 Å². The Balaban J connectivity index is 1.46. The zero-order chi connectivity index (χ0) is 22.0. The van der Waals surface area contributed by atoms with Crippen molar-refractivity contribution in [1.82, 2.24) is 14.1 Å². The molecule has 0 spiro atoms. The number of hydrogen-bond acceptors (Lipinski definition) is 5. The first-order valence-corrected chi connectivity index (χ1v) is 13.1. The highest BCUT2D eigenvalue weighted by atomic mass is 32.2. The van der Waals surface area contributed by atoms with E-state index in [1.165, 1.54) is 4.31 Å². The van der Waals surface area contributed by atoms with E-state index in [1.807, 2.05) is 0 Å². The Hall–Kier alpha value is -1.64. The predicted octanol–water partition coefficient (Wildman–Crippen LogP) is 2.57. The minimum absolute atomic E-state index is 0.173. The zero-order valence-electron chi connectivity index (χ0n) is 18.7. The van der Waals surface area contributed by atoms with Crippen LogP contribution >= 0.6 is 0 Å². The fraction of sp³-hybridized carbons (Fsp3) is 0.696. The Morgan fingerprint density at radius 2 is 1.68 bits per heavy atom. The summed E-state index contributed by atoms with van der Waals surface area (Å²) in [4.78, 5) is 18.4. The molecule has 1 unspecified atom stereocenters. The third-order valence-corrected chi connectivity index (χ3v) is 8.90. The maximum atomic E-state index is 13.6. The fourth-order valence-corrected chi connectivity index (χ4v) is 6.52. The van der Waals surface area contributed by atoms with Crippen molar-refractivity contribution in [3.8, 4) is 5.75 Å². The number of hydrogen-bond donors (Lipinski definition) is 0. The summed E-state index contributed by atoms with van der Waals surface area (Å²) in [5, 5.41) is 0. The van der Waals surface area contributed by atoms with Crippen molar-refractivity contribution < 1.29 is 17.9 Å². The van der Waals surface area contributed by atoms with Crippen LogP contribution in [0.1, 0.15) is 45.4 Å². The van der Waals surface area contributed by atoms with E-state index in [9.17, 15) is 13.2 Å². The van der Waals surface area contributed by atoms with Gasteiger partial charge < -0.3 is 14.5 Å². The fourth-order valence-electron chi connectivity index (χ4n) is 4.99. The highest BCUT2D eigenvalue weighted by molar-refractivity contribution is 7.89. The van der Waals surface area contributed by atoms with Gasteiger partial charge in [0.2, 0.25) is 15.9 Å². The summed E-state index contributed by atoms with van der Waals surface area (Å²) >= 11 is 0. The summed E-state index contributed by atoms with van der Waals surface area (Å²) in [6, 6.07) is 7.15. The molecule has 1 atom stereocenters. The largest absolute Gasteiger partial charge is 0.497 e. The Kier molecular flexibility index (Phi) is 6.89. The SMILES string of the molecule is CCN1CCC(N(C(=O)C2CCCN(S(=O)(=O)c3ccc(OC)cc3)C2)C2CC2)CC1. The van der Waals surface area contributed by atoms with Crippen LogP contribution in [0, 0.1) is 5.92 Å². The van der Waals surface area contributed by atoms with Crippen LogP contribution in [0.4, 0.5) is 0 Å². The average Bonchev–Trinajstić information content (AvgIpc) is 3.65. The lowest BCUT2D eigenvalue weighted by Crippen LogP contribution is -2.53. The molecule has 1 amide bonds. The Morgan fingerprint density at radius 1 is 1.03 bits per heavy atom. The summed E-state index contributed by atoms with van der Waals surface area (Å²) in [5.74, 6) is 0.554. The normalized spacial score (nSPS) is 24.1. The first-order valence-electron chi connectivity index (χ1n) is 11.6. The molecule has 8 heteroatoms. The van der Waals surface area contributed by atoms with Crippen LogP contribution in [0.3, 0.4) is 0 Å². The van der Waals surface area contributed by atoms with E-state index in [2.05, 4.69) is 16.7 Å². The number of carbonyl (C=O) groups is 1. The molecule has 0 aromatic heterocycles. The smallest absolute Gasteiger partial charge is 0.243 e. The van der Waals surface area contributed by atoms with Crippen LogP contribution in [-0.2, 0) is 14.8 Å². The van der Waals surface area contributed by atoms with Crippen molar-refractivity contribution >= 4 is 15.9 Å². The quantitative estimate of drug-likeness (QED) is 0.640. The Bertz CT molecular complexity index is 861. The molecule has 0 N–H and O–H groups in total. The lowest BCUT2D eigenvalue weighted by atomic mass is 9.95. The number of methoxy groups -OCH3 is 1. The van der Waals surface area contributed by atoms with Crippen LogP contribution in [0.15, 0.2) is 29.2 Å². The molecule has 31 heavy (non-hydrogen) atoms. The molecule has 1 aromatic carbocycles. The zero-order valence-corrected chi connectivity index (χ0v) is 19.5. The molecule has 7 nitrogen and oxygen atoms in total. The van der Waals surface area contributed by atoms with E-state index >= 15 is 0 Å². The number of sulfonamides is 1. The molecule has 2 saturated heterocycles. The van der Waals surface area contributed by atoms with Crippen LogP contribution in [0.5, 0.6) is 5.75 Å². The van der Waals surface area contributed by atoms with Crippen molar-refractivity contribution in [2.45, 2.75) is 62.4 Å². The Morgan fingerprint density at radius 3 is 2.26 bits per heavy atom. The van der Waals surface area contributed by atoms with E-state index < -0.39 is 10.0 Å². The van der Waals surface area contributed by atoms with Crippen LogP contribution in [0.25, 0.3) is 0 Å². The highest BCUT2D eigenvalue weighted by Crippen LogP contribution is 2.35. The number of likely N-dealkylation sites (tertiary alicyclic amines) is 1. The van der Waals surface area contributed by atoms with Gasteiger partial charge in [0.1, 0.15) is 5.75 Å². The van der Waals surface area contributed by atoms with E-state index in [0.717, 1.165) is 58.2 Å². The molecular formula is C23H35N3O4S. The summed E-state index contributed by atoms with van der Waals surface area (Å²) < 4.78 is 33.0.